The summed E-state index contributed by atoms with van der Waals surface area (Å²) >= 11 is 0. The molecule has 0 amide bonds. The fourth-order valence-electron chi connectivity index (χ4n) is 8.48. The summed E-state index contributed by atoms with van der Waals surface area (Å²) in [6.45, 7) is 0. The molecule has 116 valence electrons. The molecule has 0 atom stereocenters. The molecule has 0 aromatic heterocycles. The van der Waals surface area contributed by atoms with E-state index in [4.69, 9.17) is 5.32 Å². The Balaban J connectivity index is 0.00000113. The topological polar surface area (TPSA) is 14.1 Å². The molecule has 0 heterocycles. The van der Waals surface area contributed by atoms with Crippen molar-refractivity contribution in [2.24, 2.45) is 47.3 Å². The minimum Gasteiger partial charge on any atom is -0.656 e. The zero-order chi connectivity index (χ0) is 13.6. The Hall–Kier alpha value is 0.557. The monoisotopic (exact) mass is 291 g/mol. The van der Waals surface area contributed by atoms with Gasteiger partial charge in [-0.2, -0.15) is 0 Å². The maximum Gasteiger partial charge on any atom is 1.00 e. The van der Waals surface area contributed by atoms with Crippen molar-refractivity contribution in [1.82, 2.24) is 0 Å². The maximum atomic E-state index is 5.67. The van der Waals surface area contributed by atoms with Gasteiger partial charge in [-0.25, -0.2) is 0 Å². The van der Waals surface area contributed by atoms with Crippen LogP contribution in [0.25, 0.3) is 5.32 Å². The van der Waals surface area contributed by atoms with Crippen LogP contribution in [0.5, 0.6) is 0 Å². The van der Waals surface area contributed by atoms with E-state index in [1.807, 2.05) is 0 Å². The Bertz CT molecular complexity index is 351. The number of hydrogen-bond acceptors (Lipinski definition) is 0. The third-order valence-electron chi connectivity index (χ3n) is 8.70. The maximum absolute atomic E-state index is 5.67. The van der Waals surface area contributed by atoms with Crippen molar-refractivity contribution in [3.63, 3.8) is 0 Å². The van der Waals surface area contributed by atoms with Crippen LogP contribution in [0, 0.1) is 47.3 Å². The number of hydrogen-bond donors (Lipinski definition) is 0. The van der Waals surface area contributed by atoms with E-state index in [0.717, 1.165) is 59.4 Å². The molecular weight excluding hydrogens is 261 g/mol. The molecule has 0 radical (unpaired) electrons. The van der Waals surface area contributed by atoms with Gasteiger partial charge in [-0.05, 0) is 87.9 Å². The van der Waals surface area contributed by atoms with Crippen molar-refractivity contribution < 1.29 is 18.9 Å². The Morgan fingerprint density at radius 3 is 0.955 bits per heavy atom. The molecular formula is C20H30LiN. The van der Waals surface area contributed by atoms with Crippen LogP contribution in [0.4, 0.5) is 0 Å². The van der Waals surface area contributed by atoms with Crippen molar-refractivity contribution in [2.45, 2.75) is 76.3 Å². The van der Waals surface area contributed by atoms with Gasteiger partial charge in [0.2, 0.25) is 0 Å². The summed E-state index contributed by atoms with van der Waals surface area (Å²) in [5.41, 5.74) is 0. The van der Waals surface area contributed by atoms with Crippen molar-refractivity contribution in [3.05, 3.63) is 5.32 Å². The molecule has 8 aliphatic carbocycles. The van der Waals surface area contributed by atoms with Crippen LogP contribution in [0.15, 0.2) is 0 Å². The molecule has 8 fully saturated rings. The molecule has 8 saturated carbocycles. The van der Waals surface area contributed by atoms with E-state index in [1.54, 1.807) is 64.2 Å². The van der Waals surface area contributed by atoms with Gasteiger partial charge in [-0.15, -0.1) is 12.1 Å². The van der Waals surface area contributed by atoms with E-state index in [-0.39, 0.29) is 18.9 Å². The summed E-state index contributed by atoms with van der Waals surface area (Å²) in [4.78, 5) is 0. The Morgan fingerprint density at radius 2 is 0.682 bits per heavy atom. The fourth-order valence-corrected chi connectivity index (χ4v) is 8.48. The summed E-state index contributed by atoms with van der Waals surface area (Å²) in [7, 11) is 0. The molecule has 0 unspecified atom stereocenters. The number of rotatable bonds is 2. The summed E-state index contributed by atoms with van der Waals surface area (Å²) in [6.07, 6.45) is 15.6. The van der Waals surface area contributed by atoms with Crippen molar-refractivity contribution >= 4 is 0 Å². The predicted molar refractivity (Wildman–Crippen MR) is 85.0 cm³/mol. The molecule has 0 saturated heterocycles. The van der Waals surface area contributed by atoms with Crippen LogP contribution in [0.1, 0.15) is 64.2 Å². The van der Waals surface area contributed by atoms with Gasteiger partial charge in [0.15, 0.2) is 0 Å². The van der Waals surface area contributed by atoms with Crippen molar-refractivity contribution in [1.29, 1.82) is 0 Å². The number of nitrogens with zero attached hydrogens (tertiary/aromatic N) is 1. The van der Waals surface area contributed by atoms with Gasteiger partial charge in [0, 0.05) is 0 Å². The average Bonchev–Trinajstić information content (AvgIpc) is 2.43. The average molecular weight is 291 g/mol. The standard InChI is InChI=1S/C20H30N.Li/c1-11-3-15-5-12(1)6-16(4-11)19(15)21-20-17-7-13-2-14(9-17)10-18(20)8-13;/h11-20H,1-10H2;/q-1;+1. The molecule has 8 bridgehead atoms. The smallest absolute Gasteiger partial charge is 0.656 e. The van der Waals surface area contributed by atoms with Crippen LogP contribution < -0.4 is 18.9 Å². The molecule has 8 rings (SSSR count). The minimum atomic E-state index is 0. The first-order valence-electron chi connectivity index (χ1n) is 10.0. The van der Waals surface area contributed by atoms with E-state index >= 15 is 0 Å². The second kappa shape index (κ2) is 5.28. The quantitative estimate of drug-likeness (QED) is 0.691. The van der Waals surface area contributed by atoms with Gasteiger partial charge < -0.3 is 5.32 Å². The molecule has 2 heteroatoms. The van der Waals surface area contributed by atoms with Gasteiger partial charge in [0.25, 0.3) is 0 Å². The summed E-state index contributed by atoms with van der Waals surface area (Å²) < 4.78 is 0. The summed E-state index contributed by atoms with van der Waals surface area (Å²) in [5.74, 6) is 8.48. The molecule has 0 aromatic rings. The Kier molecular flexibility index (Phi) is 3.56. The van der Waals surface area contributed by atoms with Crippen molar-refractivity contribution in [2.75, 3.05) is 0 Å². The van der Waals surface area contributed by atoms with Crippen LogP contribution in [0.2, 0.25) is 0 Å². The van der Waals surface area contributed by atoms with Crippen LogP contribution in [0.3, 0.4) is 0 Å². The summed E-state index contributed by atoms with van der Waals surface area (Å²) in [5, 5.41) is 5.67. The van der Waals surface area contributed by atoms with E-state index in [2.05, 4.69) is 0 Å². The van der Waals surface area contributed by atoms with Gasteiger partial charge in [0.05, 0.1) is 0 Å². The molecule has 0 N–H and O–H groups in total. The fraction of sp³-hybridized carbons (Fsp3) is 1.00. The Labute approximate surface area is 147 Å². The first-order chi connectivity index (χ1) is 10.3. The largest absolute Gasteiger partial charge is 1.00 e. The second-order valence-electron chi connectivity index (χ2n) is 9.99. The van der Waals surface area contributed by atoms with E-state index < -0.39 is 0 Å². The van der Waals surface area contributed by atoms with Gasteiger partial charge in [0.1, 0.15) is 0 Å². The SMILES string of the molecule is C1C2CC3CC1CC(C2)C3[N-]C1C2CC3CC(C2)CC1C3.[Li+]. The van der Waals surface area contributed by atoms with Crippen LogP contribution in [-0.4, -0.2) is 12.1 Å². The van der Waals surface area contributed by atoms with Crippen LogP contribution >= 0.6 is 0 Å². The van der Waals surface area contributed by atoms with Gasteiger partial charge in [-0.1, -0.05) is 23.7 Å². The molecule has 8 aliphatic rings. The molecule has 22 heavy (non-hydrogen) atoms. The molecule has 0 spiro atoms. The zero-order valence-electron chi connectivity index (χ0n) is 14.3. The van der Waals surface area contributed by atoms with E-state index in [0.29, 0.717) is 0 Å². The second-order valence-corrected chi connectivity index (χ2v) is 9.99. The van der Waals surface area contributed by atoms with E-state index in [1.165, 1.54) is 0 Å². The minimum absolute atomic E-state index is 0. The van der Waals surface area contributed by atoms with Crippen LogP contribution in [-0.2, 0) is 0 Å². The van der Waals surface area contributed by atoms with Crippen molar-refractivity contribution in [3.8, 4) is 0 Å². The third kappa shape index (κ3) is 2.14. The van der Waals surface area contributed by atoms with Gasteiger partial charge >= 0.3 is 18.9 Å². The predicted octanol–water partition coefficient (Wildman–Crippen LogP) is 2.01. The molecule has 1 nitrogen and oxygen atoms in total. The first kappa shape index (κ1) is 14.9. The normalized spacial score (nSPS) is 60.5. The zero-order valence-corrected chi connectivity index (χ0v) is 14.3. The molecule has 0 aliphatic heterocycles. The Morgan fingerprint density at radius 1 is 0.409 bits per heavy atom. The van der Waals surface area contributed by atoms with Gasteiger partial charge in [-0.3, -0.25) is 0 Å². The first-order valence-corrected chi connectivity index (χ1v) is 10.0. The van der Waals surface area contributed by atoms with E-state index in [9.17, 15) is 0 Å². The summed E-state index contributed by atoms with van der Waals surface area (Å²) in [6, 6.07) is 1.61. The molecule has 0 aromatic carbocycles. The third-order valence-corrected chi connectivity index (χ3v) is 8.70.